The molecule has 2 atom stereocenters. The average molecular weight is 665 g/mol. The molecule has 0 radical (unpaired) electrons. The van der Waals surface area contributed by atoms with Crippen LogP contribution in [0.3, 0.4) is 0 Å². The van der Waals surface area contributed by atoms with Gasteiger partial charge in [-0.2, -0.15) is 9.97 Å². The summed E-state index contributed by atoms with van der Waals surface area (Å²) in [6, 6.07) is 8.46. The monoisotopic (exact) mass is 664 g/mol. The minimum absolute atomic E-state index is 0.0258. The van der Waals surface area contributed by atoms with E-state index < -0.39 is 11.4 Å². The van der Waals surface area contributed by atoms with Crippen LogP contribution in [-0.2, 0) is 4.74 Å². The van der Waals surface area contributed by atoms with E-state index in [4.69, 9.17) is 20.9 Å². The fraction of sp³-hybridized carbons (Fsp3) is 0.474. The van der Waals surface area contributed by atoms with Gasteiger partial charge in [0.25, 0.3) is 0 Å². The van der Waals surface area contributed by atoms with E-state index in [9.17, 15) is 9.90 Å². The summed E-state index contributed by atoms with van der Waals surface area (Å²) in [6.45, 7) is 9.16. The number of aromatic hydroxyl groups is 1. The van der Waals surface area contributed by atoms with Crippen molar-refractivity contribution < 1.29 is 23.8 Å². The molecule has 4 aromatic rings. The zero-order valence-electron chi connectivity index (χ0n) is 28.2. The molecule has 8 rings (SSSR count). The summed E-state index contributed by atoms with van der Waals surface area (Å²) in [5.41, 5.74) is 0.397. The minimum Gasteiger partial charge on any atom is -0.508 e. The molecule has 10 nitrogen and oxygen atoms in total. The second-order valence-electron chi connectivity index (χ2n) is 14.9. The second kappa shape index (κ2) is 11.7. The quantitative estimate of drug-likeness (QED) is 0.248. The summed E-state index contributed by atoms with van der Waals surface area (Å²) < 4.78 is 29.2. The van der Waals surface area contributed by atoms with Crippen LogP contribution in [0.5, 0.6) is 11.8 Å². The van der Waals surface area contributed by atoms with E-state index in [1.165, 1.54) is 6.07 Å². The first-order valence-electron chi connectivity index (χ1n) is 17.3. The molecule has 0 spiro atoms. The van der Waals surface area contributed by atoms with Crippen LogP contribution < -0.4 is 9.64 Å². The van der Waals surface area contributed by atoms with Crippen molar-refractivity contribution in [3.63, 3.8) is 0 Å². The van der Waals surface area contributed by atoms with Gasteiger partial charge < -0.3 is 19.5 Å². The molecule has 4 saturated heterocycles. The van der Waals surface area contributed by atoms with Gasteiger partial charge in [0.05, 0.1) is 23.0 Å². The highest BCUT2D eigenvalue weighted by molar-refractivity contribution is 6.02. The molecule has 4 fully saturated rings. The summed E-state index contributed by atoms with van der Waals surface area (Å²) >= 11 is 0. The first kappa shape index (κ1) is 31.6. The van der Waals surface area contributed by atoms with Crippen LogP contribution >= 0.6 is 0 Å². The highest BCUT2D eigenvalue weighted by Gasteiger charge is 2.46. The van der Waals surface area contributed by atoms with Gasteiger partial charge in [-0.05, 0) is 96.0 Å². The predicted octanol–water partition coefficient (Wildman–Crippen LogP) is 6.27. The van der Waals surface area contributed by atoms with Gasteiger partial charge in [-0.3, -0.25) is 14.8 Å². The molecule has 4 aliphatic rings. The Morgan fingerprint density at radius 1 is 1.12 bits per heavy atom. The van der Waals surface area contributed by atoms with Gasteiger partial charge in [0.2, 0.25) is 0 Å². The van der Waals surface area contributed by atoms with E-state index in [2.05, 4.69) is 25.7 Å². The highest BCUT2D eigenvalue weighted by atomic mass is 19.1. The molecule has 2 aromatic carbocycles. The summed E-state index contributed by atoms with van der Waals surface area (Å²) in [6.07, 6.45) is 13.2. The van der Waals surface area contributed by atoms with Crippen molar-refractivity contribution in [3.8, 4) is 35.4 Å². The number of terminal acetylenes is 1. The second-order valence-corrected chi connectivity index (χ2v) is 14.9. The van der Waals surface area contributed by atoms with Crippen molar-refractivity contribution in [1.29, 1.82) is 0 Å². The molecule has 1 amide bonds. The molecule has 0 aliphatic carbocycles. The van der Waals surface area contributed by atoms with E-state index in [0.717, 1.165) is 51.6 Å². The van der Waals surface area contributed by atoms with Gasteiger partial charge in [0, 0.05) is 35.8 Å². The first-order valence-corrected chi connectivity index (χ1v) is 17.3. The number of pyridine rings is 1. The van der Waals surface area contributed by atoms with Gasteiger partial charge in [-0.15, -0.1) is 6.42 Å². The summed E-state index contributed by atoms with van der Waals surface area (Å²) in [7, 11) is 0. The van der Waals surface area contributed by atoms with Crippen LogP contribution in [0.4, 0.5) is 15.0 Å². The van der Waals surface area contributed by atoms with Crippen molar-refractivity contribution in [2.75, 3.05) is 37.7 Å². The van der Waals surface area contributed by atoms with E-state index in [-0.39, 0.29) is 46.7 Å². The number of carbonyl (C=O) groups is 1. The SMILES string of the molecule is C#Cc1cccc2cc(O)cc(-c3ncc4c(N5CC6CCC(C5)N6C(=O)OC(C)(C)C)nc(OCC56CCCN5CCC6)nc4c3F)c12. The van der Waals surface area contributed by atoms with Gasteiger partial charge in [0.15, 0.2) is 5.82 Å². The number of amides is 1. The molecule has 4 aliphatic heterocycles. The Hall–Kier alpha value is -4.69. The third kappa shape index (κ3) is 5.46. The third-order valence-electron chi connectivity index (χ3n) is 10.7. The number of carbonyl (C=O) groups excluding carboxylic acids is 1. The lowest BCUT2D eigenvalue weighted by Gasteiger charge is -2.42. The molecule has 2 unspecified atom stereocenters. The minimum atomic E-state index is -0.651. The zero-order valence-corrected chi connectivity index (χ0v) is 28.2. The van der Waals surface area contributed by atoms with Gasteiger partial charge >= 0.3 is 12.1 Å². The zero-order chi connectivity index (χ0) is 34.1. The fourth-order valence-electron chi connectivity index (χ4n) is 8.58. The predicted molar refractivity (Wildman–Crippen MR) is 185 cm³/mol. The standard InChI is InChI=1S/C38H41FN6O4/c1-5-23-9-6-10-24-17-27(46)18-28(30(23)24)32-31(39)33-29(19-40-32)34(42-35(41-33)48-22-38-13-7-15-44(38)16-8-14-38)43-20-25-11-12-26(21-43)45(25)36(47)49-37(2,3)4/h1,6,9-10,17-19,25-26,46H,7-8,11-16,20-22H2,2-4H3. The number of hydrogen-bond donors (Lipinski definition) is 1. The van der Waals surface area contributed by atoms with Crippen LogP contribution in [0.25, 0.3) is 32.9 Å². The van der Waals surface area contributed by atoms with Crippen LogP contribution in [0, 0.1) is 18.2 Å². The number of rotatable bonds is 5. The maximum absolute atomic E-state index is 17.0. The Kier molecular flexibility index (Phi) is 7.56. The normalized spacial score (nSPS) is 21.7. The summed E-state index contributed by atoms with van der Waals surface area (Å²) in [4.78, 5) is 33.9. The van der Waals surface area contributed by atoms with E-state index in [1.54, 1.807) is 24.4 Å². The van der Waals surface area contributed by atoms with Crippen molar-refractivity contribution >= 4 is 33.6 Å². The fourth-order valence-corrected chi connectivity index (χ4v) is 8.58. The summed E-state index contributed by atoms with van der Waals surface area (Å²) in [5.74, 6) is 2.54. The third-order valence-corrected chi connectivity index (χ3v) is 10.7. The highest BCUT2D eigenvalue weighted by Crippen LogP contribution is 2.42. The number of phenolic OH excluding ortho intramolecular Hbond substituents is 1. The van der Waals surface area contributed by atoms with Gasteiger partial charge in [-0.25, -0.2) is 9.18 Å². The lowest BCUT2D eigenvalue weighted by Crippen LogP contribution is -2.57. The number of hydrogen-bond acceptors (Lipinski definition) is 9. The maximum atomic E-state index is 17.0. The molecule has 11 heteroatoms. The van der Waals surface area contributed by atoms with Crippen molar-refractivity contribution in [2.45, 2.75) is 82.5 Å². The molecular formula is C38H41FN6O4. The molecule has 254 valence electrons. The van der Waals surface area contributed by atoms with E-state index >= 15 is 4.39 Å². The number of fused-ring (bicyclic) bond motifs is 5. The van der Waals surface area contributed by atoms with Crippen LogP contribution in [0.15, 0.2) is 36.5 Å². The Labute approximate surface area is 285 Å². The number of ether oxygens (including phenoxy) is 2. The van der Waals surface area contributed by atoms with E-state index in [1.807, 2.05) is 31.7 Å². The first-order chi connectivity index (χ1) is 23.5. The number of phenols is 1. The lowest BCUT2D eigenvalue weighted by molar-refractivity contribution is 0.0122. The number of aromatic nitrogens is 3. The van der Waals surface area contributed by atoms with Gasteiger partial charge in [-0.1, -0.05) is 18.1 Å². The molecule has 2 bridgehead atoms. The van der Waals surface area contributed by atoms with Crippen molar-refractivity contribution in [2.24, 2.45) is 0 Å². The number of benzene rings is 2. The largest absolute Gasteiger partial charge is 0.508 e. The van der Waals surface area contributed by atoms with Gasteiger partial charge in [0.1, 0.15) is 35.0 Å². The molecular weight excluding hydrogens is 623 g/mol. The molecule has 6 heterocycles. The molecule has 49 heavy (non-hydrogen) atoms. The van der Waals surface area contributed by atoms with Crippen molar-refractivity contribution in [3.05, 3.63) is 47.9 Å². The Bertz CT molecular complexity index is 2000. The summed E-state index contributed by atoms with van der Waals surface area (Å²) in [5, 5.41) is 12.4. The smallest absolute Gasteiger partial charge is 0.410 e. The maximum Gasteiger partial charge on any atom is 0.410 e. The topological polar surface area (TPSA) is 104 Å². The Morgan fingerprint density at radius 3 is 2.55 bits per heavy atom. The number of nitrogens with zero attached hydrogens (tertiary/aromatic N) is 6. The Balaban J connectivity index is 1.22. The Morgan fingerprint density at radius 2 is 1.86 bits per heavy atom. The van der Waals surface area contributed by atoms with Crippen LogP contribution in [0.1, 0.15) is 64.9 Å². The van der Waals surface area contributed by atoms with Crippen molar-refractivity contribution in [1.82, 2.24) is 24.8 Å². The molecule has 0 saturated carbocycles. The average Bonchev–Trinajstić information content (AvgIpc) is 3.73. The lowest BCUT2D eigenvalue weighted by atomic mass is 9.95. The van der Waals surface area contributed by atoms with Crippen LogP contribution in [0.2, 0.25) is 0 Å². The number of halogens is 1. The number of anilines is 1. The van der Waals surface area contributed by atoms with Crippen LogP contribution in [-0.4, -0.2) is 92.0 Å². The molecule has 2 aromatic heterocycles. The van der Waals surface area contributed by atoms with E-state index in [0.29, 0.717) is 52.8 Å². The molecule has 1 N–H and O–H groups in total. The number of piperazine rings is 1.